The number of rotatable bonds is 0. The van der Waals surface area contributed by atoms with Gasteiger partial charge in [-0.3, -0.25) is 0 Å². The Morgan fingerprint density at radius 3 is 2.06 bits per heavy atom. The maximum atomic E-state index is 6.51. The van der Waals surface area contributed by atoms with Crippen LogP contribution < -0.4 is 0 Å². The van der Waals surface area contributed by atoms with Crippen LogP contribution in [0, 0.1) is 0 Å². The van der Waals surface area contributed by atoms with Gasteiger partial charge in [-0.05, 0) is 73.8 Å². The second kappa shape index (κ2) is 5.77. The zero-order chi connectivity index (χ0) is 20.8. The normalized spacial score (nSPS) is 12.9. The fourth-order valence-corrected chi connectivity index (χ4v) is 5.87. The van der Waals surface area contributed by atoms with Gasteiger partial charge in [0.05, 0.1) is 0 Å². The maximum absolute atomic E-state index is 6.51. The average molecular weight is 406 g/mol. The first-order valence-electron chi connectivity index (χ1n) is 11.2. The van der Waals surface area contributed by atoms with Crippen LogP contribution >= 0.6 is 0 Å². The minimum absolute atomic E-state index is 0.964. The molecule has 8 rings (SSSR count). The predicted octanol–water partition coefficient (Wildman–Crippen LogP) is 8.62. The first kappa shape index (κ1) is 16.6. The zero-order valence-corrected chi connectivity index (χ0v) is 17.4. The van der Waals surface area contributed by atoms with Crippen LogP contribution in [0.5, 0.6) is 0 Å². The van der Waals surface area contributed by atoms with Crippen LogP contribution in [0.2, 0.25) is 0 Å². The van der Waals surface area contributed by atoms with Gasteiger partial charge in [0.25, 0.3) is 0 Å². The van der Waals surface area contributed by atoms with E-state index in [-0.39, 0.29) is 0 Å². The van der Waals surface area contributed by atoms with E-state index < -0.39 is 0 Å². The molecule has 7 aromatic rings. The van der Waals surface area contributed by atoms with Crippen LogP contribution in [0.25, 0.3) is 65.4 Å². The van der Waals surface area contributed by atoms with Crippen molar-refractivity contribution >= 4 is 54.3 Å². The summed E-state index contributed by atoms with van der Waals surface area (Å²) in [5.74, 6) is 0. The highest BCUT2D eigenvalue weighted by atomic mass is 16.3. The van der Waals surface area contributed by atoms with Crippen LogP contribution in [-0.2, 0) is 6.42 Å². The van der Waals surface area contributed by atoms with Crippen LogP contribution in [0.15, 0.2) is 101 Å². The summed E-state index contributed by atoms with van der Waals surface area (Å²) in [6.07, 6.45) is 0.964. The Bertz CT molecular complexity index is 1900. The molecule has 0 saturated heterocycles. The molecule has 1 aliphatic rings. The van der Waals surface area contributed by atoms with Crippen LogP contribution in [0.3, 0.4) is 0 Å². The smallest absolute Gasteiger partial charge is 0.143 e. The van der Waals surface area contributed by atoms with Gasteiger partial charge in [0, 0.05) is 16.2 Å². The molecule has 0 radical (unpaired) electrons. The lowest BCUT2D eigenvalue weighted by atomic mass is 9.91. The minimum Gasteiger partial charge on any atom is -0.455 e. The zero-order valence-electron chi connectivity index (χ0n) is 17.4. The summed E-state index contributed by atoms with van der Waals surface area (Å²) in [6, 6.07) is 35.2. The molecule has 0 spiro atoms. The molecule has 148 valence electrons. The lowest BCUT2D eigenvalue weighted by Crippen LogP contribution is -1.87. The van der Waals surface area contributed by atoms with Crippen molar-refractivity contribution in [3.8, 4) is 11.1 Å². The summed E-state index contributed by atoms with van der Waals surface area (Å²) in [5, 5.41) is 10.2. The fourth-order valence-electron chi connectivity index (χ4n) is 5.87. The molecule has 0 unspecified atom stereocenters. The Labute approximate surface area is 184 Å². The number of fused-ring (bicyclic) bond motifs is 13. The van der Waals surface area contributed by atoms with E-state index in [9.17, 15) is 0 Å². The largest absolute Gasteiger partial charge is 0.455 e. The second-order valence-corrected chi connectivity index (χ2v) is 8.89. The average Bonchev–Trinajstić information content (AvgIpc) is 3.41. The Morgan fingerprint density at radius 2 is 1.22 bits per heavy atom. The van der Waals surface area contributed by atoms with Crippen LogP contribution in [0.1, 0.15) is 11.1 Å². The molecule has 0 atom stereocenters. The molecule has 0 fully saturated rings. The van der Waals surface area contributed by atoms with E-state index in [1.807, 2.05) is 0 Å². The van der Waals surface area contributed by atoms with Gasteiger partial charge in [-0.1, -0.05) is 78.9 Å². The fraction of sp³-hybridized carbons (Fsp3) is 0.0323. The predicted molar refractivity (Wildman–Crippen MR) is 134 cm³/mol. The molecular formula is C31H18O. The van der Waals surface area contributed by atoms with Gasteiger partial charge in [-0.25, -0.2) is 0 Å². The molecule has 0 amide bonds. The van der Waals surface area contributed by atoms with Crippen molar-refractivity contribution in [3.63, 3.8) is 0 Å². The SMILES string of the molecule is c1ccc2c(c1)ccc1c3cc4c(cc3oc21)-c1c(c2ccccc2c2ccccc12)C4. The van der Waals surface area contributed by atoms with Crippen LogP contribution in [0.4, 0.5) is 0 Å². The number of furan rings is 1. The van der Waals surface area contributed by atoms with Crippen molar-refractivity contribution < 1.29 is 4.42 Å². The van der Waals surface area contributed by atoms with Crippen molar-refractivity contribution in [3.05, 3.63) is 108 Å². The lowest BCUT2D eigenvalue weighted by Gasteiger charge is -2.12. The highest BCUT2D eigenvalue weighted by Crippen LogP contribution is 2.48. The third-order valence-electron chi connectivity index (χ3n) is 7.26. The number of hydrogen-bond donors (Lipinski definition) is 0. The van der Waals surface area contributed by atoms with Gasteiger partial charge < -0.3 is 4.42 Å². The maximum Gasteiger partial charge on any atom is 0.143 e. The second-order valence-electron chi connectivity index (χ2n) is 8.89. The minimum atomic E-state index is 0.964. The molecule has 32 heavy (non-hydrogen) atoms. The van der Waals surface area contributed by atoms with Crippen molar-refractivity contribution in [2.75, 3.05) is 0 Å². The van der Waals surface area contributed by atoms with E-state index in [1.54, 1.807) is 0 Å². The molecule has 1 heteroatoms. The molecular weight excluding hydrogens is 388 g/mol. The van der Waals surface area contributed by atoms with E-state index in [4.69, 9.17) is 4.42 Å². The highest BCUT2D eigenvalue weighted by molar-refractivity contribution is 6.20. The van der Waals surface area contributed by atoms with Gasteiger partial charge in [-0.15, -0.1) is 0 Å². The molecule has 6 aromatic carbocycles. The van der Waals surface area contributed by atoms with Crippen molar-refractivity contribution in [2.24, 2.45) is 0 Å². The topological polar surface area (TPSA) is 13.1 Å². The summed E-state index contributed by atoms with van der Waals surface area (Å²) in [5.41, 5.74) is 7.49. The summed E-state index contributed by atoms with van der Waals surface area (Å²) >= 11 is 0. The number of hydrogen-bond acceptors (Lipinski definition) is 1. The van der Waals surface area contributed by atoms with Gasteiger partial charge in [-0.2, -0.15) is 0 Å². The highest BCUT2D eigenvalue weighted by Gasteiger charge is 2.25. The first-order chi connectivity index (χ1) is 15.9. The van der Waals surface area contributed by atoms with E-state index >= 15 is 0 Å². The van der Waals surface area contributed by atoms with Crippen LogP contribution in [-0.4, -0.2) is 0 Å². The van der Waals surface area contributed by atoms with E-state index in [1.165, 1.54) is 65.3 Å². The standard InChI is InChI=1S/C31H18O/c1-2-8-20-18(7-1)13-14-25-27-15-19-16-28-23-11-4-3-9-21(23)22-10-5-6-12-24(22)30(28)26(19)17-29(27)32-31(20)25/h1-15,17H,16H2. The third-order valence-corrected chi connectivity index (χ3v) is 7.26. The third kappa shape index (κ3) is 1.99. The monoisotopic (exact) mass is 406 g/mol. The molecule has 0 bridgehead atoms. The first-order valence-corrected chi connectivity index (χ1v) is 11.2. The summed E-state index contributed by atoms with van der Waals surface area (Å²) in [4.78, 5) is 0. The van der Waals surface area contributed by atoms with Gasteiger partial charge in [0.2, 0.25) is 0 Å². The molecule has 0 aliphatic heterocycles. The van der Waals surface area contributed by atoms with Gasteiger partial charge in [0.1, 0.15) is 11.2 Å². The lowest BCUT2D eigenvalue weighted by molar-refractivity contribution is 0.673. The molecule has 0 saturated carbocycles. The molecule has 1 aromatic heterocycles. The molecule has 0 N–H and O–H groups in total. The Kier molecular flexibility index (Phi) is 2.99. The van der Waals surface area contributed by atoms with Crippen molar-refractivity contribution in [1.82, 2.24) is 0 Å². The van der Waals surface area contributed by atoms with Crippen molar-refractivity contribution in [1.29, 1.82) is 0 Å². The van der Waals surface area contributed by atoms with Gasteiger partial charge >= 0.3 is 0 Å². The molecule has 1 heterocycles. The van der Waals surface area contributed by atoms with E-state index in [2.05, 4.69) is 97.1 Å². The summed E-state index contributed by atoms with van der Waals surface area (Å²) in [6.45, 7) is 0. The number of benzene rings is 6. The van der Waals surface area contributed by atoms with Gasteiger partial charge in [0.15, 0.2) is 0 Å². The van der Waals surface area contributed by atoms with Crippen molar-refractivity contribution in [2.45, 2.75) is 6.42 Å². The van der Waals surface area contributed by atoms with E-state index in [0.29, 0.717) is 0 Å². The quantitative estimate of drug-likeness (QED) is 0.230. The van der Waals surface area contributed by atoms with E-state index in [0.717, 1.165) is 17.6 Å². The molecule has 1 aliphatic carbocycles. The summed E-state index contributed by atoms with van der Waals surface area (Å²) in [7, 11) is 0. The Hall–Kier alpha value is -4.10. The Morgan fingerprint density at radius 1 is 0.531 bits per heavy atom. The Balaban J connectivity index is 1.51. The molecule has 1 nitrogen and oxygen atoms in total. The summed E-state index contributed by atoms with van der Waals surface area (Å²) < 4.78 is 6.51.